The summed E-state index contributed by atoms with van der Waals surface area (Å²) in [6.07, 6.45) is 1.48. The fourth-order valence-corrected chi connectivity index (χ4v) is 3.32. The summed E-state index contributed by atoms with van der Waals surface area (Å²) in [7, 11) is 0. The van der Waals surface area contributed by atoms with Crippen molar-refractivity contribution < 1.29 is 4.79 Å². The van der Waals surface area contributed by atoms with Crippen LogP contribution in [0.5, 0.6) is 0 Å². The molecule has 28 heavy (non-hydrogen) atoms. The second-order valence-electron chi connectivity index (χ2n) is 6.71. The maximum absolute atomic E-state index is 13.1. The molecular formula is C22H21N5O. The van der Waals surface area contributed by atoms with Gasteiger partial charge in [0.2, 0.25) is 5.91 Å². The Bertz CT molecular complexity index is 1070. The van der Waals surface area contributed by atoms with Gasteiger partial charge in [-0.15, -0.1) is 10.2 Å². The van der Waals surface area contributed by atoms with E-state index in [1.165, 1.54) is 5.56 Å². The lowest BCUT2D eigenvalue weighted by atomic mass is 9.96. The van der Waals surface area contributed by atoms with Crippen LogP contribution in [0.25, 0.3) is 10.8 Å². The Kier molecular flexibility index (Phi) is 5.10. The number of H-pyrrole nitrogens is 1. The first-order valence-electron chi connectivity index (χ1n) is 9.34. The van der Waals surface area contributed by atoms with Crippen LogP contribution < -0.4 is 5.32 Å². The number of nitrogens with zero attached hydrogens (tertiary/aromatic N) is 3. The molecule has 6 heteroatoms. The summed E-state index contributed by atoms with van der Waals surface area (Å²) >= 11 is 0. The summed E-state index contributed by atoms with van der Waals surface area (Å²) in [6, 6.07) is 22.1. The number of amides is 1. The molecule has 3 aromatic carbocycles. The van der Waals surface area contributed by atoms with Gasteiger partial charge in [-0.25, -0.2) is 0 Å². The topological polar surface area (TPSA) is 83.6 Å². The van der Waals surface area contributed by atoms with E-state index in [-0.39, 0.29) is 5.91 Å². The molecule has 0 radical (unpaired) electrons. The van der Waals surface area contributed by atoms with Crippen LogP contribution in [0.1, 0.15) is 29.8 Å². The first kappa shape index (κ1) is 17.9. The Balaban J connectivity index is 1.61. The highest BCUT2D eigenvalue weighted by atomic mass is 16.1. The second kappa shape index (κ2) is 8.00. The van der Waals surface area contributed by atoms with E-state index in [1.807, 2.05) is 42.5 Å². The van der Waals surface area contributed by atoms with E-state index in [0.717, 1.165) is 28.4 Å². The molecule has 2 N–H and O–H groups in total. The van der Waals surface area contributed by atoms with Gasteiger partial charge in [0.15, 0.2) is 5.82 Å². The molecule has 140 valence electrons. The van der Waals surface area contributed by atoms with Crippen molar-refractivity contribution >= 4 is 22.4 Å². The lowest BCUT2D eigenvalue weighted by molar-refractivity contribution is -0.117. The van der Waals surface area contributed by atoms with Crippen molar-refractivity contribution in [2.45, 2.75) is 25.7 Å². The number of rotatable bonds is 6. The Morgan fingerprint density at radius 2 is 1.75 bits per heavy atom. The van der Waals surface area contributed by atoms with Crippen molar-refractivity contribution in [2.24, 2.45) is 0 Å². The van der Waals surface area contributed by atoms with Gasteiger partial charge in [0.05, 0.1) is 0 Å². The van der Waals surface area contributed by atoms with Crippen molar-refractivity contribution in [1.82, 2.24) is 20.6 Å². The minimum absolute atomic E-state index is 0.155. The normalized spacial score (nSPS) is 12.0. The largest absolute Gasteiger partial charge is 0.325 e. The zero-order valence-electron chi connectivity index (χ0n) is 15.6. The number of anilines is 1. The third kappa shape index (κ3) is 3.76. The van der Waals surface area contributed by atoms with Crippen molar-refractivity contribution in [1.29, 1.82) is 0 Å². The van der Waals surface area contributed by atoms with E-state index in [2.05, 4.69) is 57.1 Å². The summed E-state index contributed by atoms with van der Waals surface area (Å²) in [5.41, 5.74) is 3.10. The monoisotopic (exact) mass is 371 g/mol. The van der Waals surface area contributed by atoms with Crippen LogP contribution in [0.3, 0.4) is 0 Å². The van der Waals surface area contributed by atoms with Gasteiger partial charge in [-0.2, -0.15) is 5.21 Å². The number of nitrogens with one attached hydrogen (secondary N) is 2. The zero-order chi connectivity index (χ0) is 19.3. The molecule has 0 aliphatic heterocycles. The van der Waals surface area contributed by atoms with Crippen LogP contribution in [0, 0.1) is 0 Å². The van der Waals surface area contributed by atoms with E-state index < -0.39 is 5.92 Å². The van der Waals surface area contributed by atoms with Gasteiger partial charge < -0.3 is 5.32 Å². The first-order valence-corrected chi connectivity index (χ1v) is 9.34. The highest BCUT2D eigenvalue weighted by molar-refractivity contribution is 6.04. The number of benzene rings is 3. The molecule has 1 amide bonds. The Hall–Kier alpha value is -3.54. The molecule has 0 saturated heterocycles. The van der Waals surface area contributed by atoms with Crippen LogP contribution in [-0.4, -0.2) is 26.5 Å². The van der Waals surface area contributed by atoms with Crippen LogP contribution in [-0.2, 0) is 17.6 Å². The van der Waals surface area contributed by atoms with E-state index >= 15 is 0 Å². The number of tetrazole rings is 1. The molecule has 1 aromatic heterocycles. The van der Waals surface area contributed by atoms with Gasteiger partial charge >= 0.3 is 0 Å². The fourth-order valence-electron chi connectivity index (χ4n) is 3.32. The summed E-state index contributed by atoms with van der Waals surface area (Å²) in [4.78, 5) is 13.1. The van der Waals surface area contributed by atoms with Gasteiger partial charge in [-0.05, 0) is 35.4 Å². The number of carbonyl (C=O) groups excluding carboxylic acids is 1. The molecule has 0 saturated carbocycles. The van der Waals surface area contributed by atoms with Gasteiger partial charge in [0, 0.05) is 11.1 Å². The second-order valence-corrected chi connectivity index (χ2v) is 6.71. The van der Waals surface area contributed by atoms with Crippen molar-refractivity contribution in [2.75, 3.05) is 5.32 Å². The lowest BCUT2D eigenvalue weighted by Crippen LogP contribution is -2.24. The van der Waals surface area contributed by atoms with Crippen LogP contribution >= 0.6 is 0 Å². The van der Waals surface area contributed by atoms with Gasteiger partial charge in [0.1, 0.15) is 5.92 Å². The van der Waals surface area contributed by atoms with E-state index in [1.54, 1.807) is 0 Å². The number of aryl methyl sites for hydroxylation is 1. The summed E-state index contributed by atoms with van der Waals surface area (Å²) in [6.45, 7) is 2.12. The van der Waals surface area contributed by atoms with Gasteiger partial charge in [-0.3, -0.25) is 4.79 Å². The van der Waals surface area contributed by atoms with Crippen molar-refractivity contribution in [3.05, 3.63) is 83.7 Å². The van der Waals surface area contributed by atoms with Crippen molar-refractivity contribution in [3.63, 3.8) is 0 Å². The fraction of sp³-hybridized carbons (Fsp3) is 0.182. The molecule has 0 aliphatic rings. The summed E-state index contributed by atoms with van der Waals surface area (Å²) in [5.74, 6) is -0.306. The lowest BCUT2D eigenvalue weighted by Gasteiger charge is -2.15. The van der Waals surface area contributed by atoms with E-state index in [9.17, 15) is 4.79 Å². The number of fused-ring (bicyclic) bond motifs is 1. The highest BCUT2D eigenvalue weighted by Crippen LogP contribution is 2.26. The van der Waals surface area contributed by atoms with Gasteiger partial charge in [-0.1, -0.05) is 72.8 Å². The molecule has 1 atom stereocenters. The molecule has 0 spiro atoms. The number of hydrogen-bond donors (Lipinski definition) is 2. The Labute approximate surface area is 163 Å². The predicted molar refractivity (Wildman–Crippen MR) is 109 cm³/mol. The van der Waals surface area contributed by atoms with Crippen LogP contribution in [0.15, 0.2) is 66.7 Å². The number of carbonyl (C=O) groups is 1. The molecule has 0 fully saturated rings. The number of hydrogen-bond acceptors (Lipinski definition) is 4. The molecule has 0 bridgehead atoms. The maximum atomic E-state index is 13.1. The summed E-state index contributed by atoms with van der Waals surface area (Å²) in [5, 5.41) is 19.3. The first-order chi connectivity index (χ1) is 13.7. The Morgan fingerprint density at radius 1 is 1.00 bits per heavy atom. The molecule has 0 aliphatic carbocycles. The molecule has 6 nitrogen and oxygen atoms in total. The SMILES string of the molecule is CCc1ccc(CC(C(=O)Nc2cccc3ccccc23)c2nn[nH]n2)cc1. The predicted octanol–water partition coefficient (Wildman–Crippen LogP) is 3.88. The number of aromatic amines is 1. The molecule has 1 unspecified atom stereocenters. The smallest absolute Gasteiger partial charge is 0.235 e. The molecule has 4 aromatic rings. The Morgan fingerprint density at radius 3 is 2.50 bits per heavy atom. The molecular weight excluding hydrogens is 350 g/mol. The zero-order valence-corrected chi connectivity index (χ0v) is 15.6. The van der Waals surface area contributed by atoms with Gasteiger partial charge in [0.25, 0.3) is 0 Å². The average Bonchev–Trinajstić information content (AvgIpc) is 3.27. The standard InChI is InChI=1S/C22H21N5O/c1-2-15-10-12-16(13-11-15)14-19(21-24-26-27-25-21)22(28)23-20-9-5-7-17-6-3-4-8-18(17)20/h3-13,19H,2,14H2,1H3,(H,23,28)(H,24,25,26,27). The minimum Gasteiger partial charge on any atom is -0.325 e. The molecule has 1 heterocycles. The minimum atomic E-state index is -0.537. The van der Waals surface area contributed by atoms with E-state index in [4.69, 9.17) is 0 Å². The van der Waals surface area contributed by atoms with E-state index in [0.29, 0.717) is 12.2 Å². The number of aromatic nitrogens is 4. The van der Waals surface area contributed by atoms with Crippen molar-refractivity contribution in [3.8, 4) is 0 Å². The third-order valence-electron chi connectivity index (χ3n) is 4.91. The summed E-state index contributed by atoms with van der Waals surface area (Å²) < 4.78 is 0. The average molecular weight is 371 g/mol. The highest BCUT2D eigenvalue weighted by Gasteiger charge is 2.25. The maximum Gasteiger partial charge on any atom is 0.235 e. The quantitative estimate of drug-likeness (QED) is 0.539. The van der Waals surface area contributed by atoms with Crippen LogP contribution in [0.2, 0.25) is 0 Å². The molecule has 4 rings (SSSR count). The van der Waals surface area contributed by atoms with Crippen LogP contribution in [0.4, 0.5) is 5.69 Å². The third-order valence-corrected chi connectivity index (χ3v) is 4.91.